The van der Waals surface area contributed by atoms with Crippen LogP contribution in [-0.4, -0.2) is 24.6 Å². The summed E-state index contributed by atoms with van der Waals surface area (Å²) >= 11 is 1.16. The number of esters is 2. The molecule has 1 aromatic carbocycles. The predicted octanol–water partition coefficient (Wildman–Crippen LogP) is 2.82. The fraction of sp³-hybridized carbons (Fsp3) is 0.286. The van der Waals surface area contributed by atoms with Gasteiger partial charge in [0.25, 0.3) is 0 Å². The summed E-state index contributed by atoms with van der Waals surface area (Å²) in [5.41, 5.74) is 0.541. The second kappa shape index (κ2) is 4.86. The lowest BCUT2D eigenvalue weighted by molar-refractivity contribution is -0.145. The Morgan fingerprint density at radius 2 is 2.30 bits per heavy atom. The molecule has 1 saturated heterocycles. The number of halogens is 1. The molecule has 1 atom stereocenters. The molecule has 0 amide bonds. The summed E-state index contributed by atoms with van der Waals surface area (Å²) in [4.78, 5) is 23.7. The quantitative estimate of drug-likeness (QED) is 0.799. The summed E-state index contributed by atoms with van der Waals surface area (Å²) in [6, 6.07) is 4.69. The van der Waals surface area contributed by atoms with E-state index in [9.17, 15) is 14.0 Å². The Hall–Kier alpha value is -1.95. The molecule has 0 saturated carbocycles. The molecule has 0 spiro atoms. The van der Waals surface area contributed by atoms with Crippen molar-refractivity contribution in [3.05, 3.63) is 34.5 Å². The van der Waals surface area contributed by atoms with Gasteiger partial charge < -0.3 is 9.47 Å². The van der Waals surface area contributed by atoms with Gasteiger partial charge in [-0.05, 0) is 24.6 Å². The third kappa shape index (κ3) is 2.06. The van der Waals surface area contributed by atoms with Crippen molar-refractivity contribution in [2.45, 2.75) is 19.4 Å². The minimum atomic E-state index is -0.850. The van der Waals surface area contributed by atoms with Gasteiger partial charge in [-0.15, -0.1) is 11.3 Å². The zero-order valence-corrected chi connectivity index (χ0v) is 11.5. The first-order valence-corrected chi connectivity index (χ1v) is 6.95. The molecule has 1 aliphatic heterocycles. The summed E-state index contributed by atoms with van der Waals surface area (Å²) in [6.45, 7) is 1.93. The van der Waals surface area contributed by atoms with Gasteiger partial charge in [-0.2, -0.15) is 0 Å². The summed E-state index contributed by atoms with van der Waals surface area (Å²) < 4.78 is 24.3. The fourth-order valence-electron chi connectivity index (χ4n) is 2.22. The van der Waals surface area contributed by atoms with Crippen LogP contribution in [0.3, 0.4) is 0 Å². The molecule has 0 aliphatic carbocycles. The van der Waals surface area contributed by atoms with Crippen LogP contribution in [0, 0.1) is 12.7 Å². The van der Waals surface area contributed by atoms with Crippen molar-refractivity contribution in [2.24, 2.45) is 0 Å². The number of ether oxygens (including phenoxy) is 2. The van der Waals surface area contributed by atoms with Crippen LogP contribution in [0.25, 0.3) is 10.1 Å². The zero-order chi connectivity index (χ0) is 14.3. The molecule has 3 rings (SSSR count). The van der Waals surface area contributed by atoms with E-state index >= 15 is 0 Å². The molecular formula is C14H11FO4S. The maximum atomic E-state index is 13.8. The highest BCUT2D eigenvalue weighted by Gasteiger charge is 2.31. The highest BCUT2D eigenvalue weighted by Crippen LogP contribution is 2.33. The number of aryl methyl sites for hydroxylation is 1. The van der Waals surface area contributed by atoms with E-state index in [0.717, 1.165) is 11.3 Å². The Morgan fingerprint density at radius 3 is 2.95 bits per heavy atom. The molecule has 104 valence electrons. The molecule has 1 fully saturated rings. The van der Waals surface area contributed by atoms with Crippen LogP contribution >= 0.6 is 11.3 Å². The van der Waals surface area contributed by atoms with Crippen LogP contribution in [0.5, 0.6) is 0 Å². The lowest BCUT2D eigenvalue weighted by atomic mass is 10.1. The average Bonchev–Trinajstić information content (AvgIpc) is 2.95. The number of cyclic esters (lactones) is 1. The number of fused-ring (bicyclic) bond motifs is 1. The molecule has 0 unspecified atom stereocenters. The van der Waals surface area contributed by atoms with Crippen LogP contribution in [0.4, 0.5) is 4.39 Å². The SMILES string of the molecule is Cc1c(C(=O)O[C@H]2CCOC2=O)sc2cccc(F)c12. The van der Waals surface area contributed by atoms with E-state index < -0.39 is 18.0 Å². The van der Waals surface area contributed by atoms with Crippen molar-refractivity contribution in [1.29, 1.82) is 0 Å². The number of carbonyl (C=O) groups excluding carboxylic acids is 2. The number of thiophene rings is 1. The van der Waals surface area contributed by atoms with E-state index in [-0.39, 0.29) is 12.4 Å². The van der Waals surface area contributed by atoms with Crippen LogP contribution in [0.15, 0.2) is 18.2 Å². The number of rotatable bonds is 2. The Bertz CT molecular complexity index is 707. The number of carbonyl (C=O) groups is 2. The Morgan fingerprint density at radius 1 is 1.50 bits per heavy atom. The molecule has 2 aromatic rings. The highest BCUT2D eigenvalue weighted by molar-refractivity contribution is 7.21. The van der Waals surface area contributed by atoms with Gasteiger partial charge in [0.1, 0.15) is 10.7 Å². The topological polar surface area (TPSA) is 52.6 Å². The third-order valence-corrected chi connectivity index (χ3v) is 4.46. The van der Waals surface area contributed by atoms with Crippen LogP contribution in [-0.2, 0) is 14.3 Å². The van der Waals surface area contributed by atoms with Crippen molar-refractivity contribution in [2.75, 3.05) is 6.61 Å². The normalized spacial score (nSPS) is 18.3. The zero-order valence-electron chi connectivity index (χ0n) is 10.6. The minimum Gasteiger partial charge on any atom is -0.463 e. The molecule has 0 radical (unpaired) electrons. The Kier molecular flexibility index (Phi) is 3.17. The van der Waals surface area contributed by atoms with Crippen LogP contribution in [0.2, 0.25) is 0 Å². The van der Waals surface area contributed by atoms with Crippen LogP contribution < -0.4 is 0 Å². The first-order chi connectivity index (χ1) is 9.58. The smallest absolute Gasteiger partial charge is 0.349 e. The van der Waals surface area contributed by atoms with Crippen molar-refractivity contribution in [3.63, 3.8) is 0 Å². The summed E-state index contributed by atoms with van der Waals surface area (Å²) in [6.07, 6.45) is -0.486. The third-order valence-electron chi connectivity index (χ3n) is 3.22. The van der Waals surface area contributed by atoms with Gasteiger partial charge in [0.2, 0.25) is 6.10 Å². The highest BCUT2D eigenvalue weighted by atomic mass is 32.1. The second-order valence-electron chi connectivity index (χ2n) is 4.52. The fourth-order valence-corrected chi connectivity index (χ4v) is 3.32. The molecule has 1 aliphatic rings. The molecule has 0 bridgehead atoms. The number of hydrogen-bond acceptors (Lipinski definition) is 5. The van der Waals surface area contributed by atoms with E-state index in [1.165, 1.54) is 6.07 Å². The van der Waals surface area contributed by atoms with E-state index in [1.807, 2.05) is 0 Å². The van der Waals surface area contributed by atoms with Gasteiger partial charge in [-0.1, -0.05) is 6.07 Å². The van der Waals surface area contributed by atoms with Gasteiger partial charge >= 0.3 is 11.9 Å². The van der Waals surface area contributed by atoms with Crippen LogP contribution in [0.1, 0.15) is 21.7 Å². The molecule has 1 aromatic heterocycles. The molecule has 6 heteroatoms. The first kappa shape index (κ1) is 13.1. The molecular weight excluding hydrogens is 283 g/mol. The van der Waals surface area contributed by atoms with E-state index in [4.69, 9.17) is 9.47 Å². The molecule has 0 N–H and O–H groups in total. The average molecular weight is 294 g/mol. The van der Waals surface area contributed by atoms with Gasteiger partial charge in [-0.3, -0.25) is 0 Å². The van der Waals surface area contributed by atoms with E-state index in [1.54, 1.807) is 19.1 Å². The summed E-state index contributed by atoms with van der Waals surface area (Å²) in [5.74, 6) is -1.49. The predicted molar refractivity (Wildman–Crippen MR) is 71.3 cm³/mol. The molecule has 2 heterocycles. The summed E-state index contributed by atoms with van der Waals surface area (Å²) in [5, 5.41) is 0.429. The number of hydrogen-bond donors (Lipinski definition) is 0. The molecule has 4 nitrogen and oxygen atoms in total. The Balaban J connectivity index is 1.94. The maximum absolute atomic E-state index is 13.8. The van der Waals surface area contributed by atoms with Gasteiger partial charge in [0, 0.05) is 16.5 Å². The summed E-state index contributed by atoms with van der Waals surface area (Å²) in [7, 11) is 0. The van der Waals surface area contributed by atoms with Crippen molar-refractivity contribution >= 4 is 33.4 Å². The molecule has 20 heavy (non-hydrogen) atoms. The van der Waals surface area contributed by atoms with E-state index in [0.29, 0.717) is 26.9 Å². The minimum absolute atomic E-state index is 0.261. The van der Waals surface area contributed by atoms with Crippen molar-refractivity contribution in [3.8, 4) is 0 Å². The Labute approximate surface area is 118 Å². The van der Waals surface area contributed by atoms with Crippen molar-refractivity contribution < 1.29 is 23.5 Å². The van der Waals surface area contributed by atoms with E-state index in [2.05, 4.69) is 0 Å². The second-order valence-corrected chi connectivity index (χ2v) is 5.57. The van der Waals surface area contributed by atoms with Gasteiger partial charge in [0.15, 0.2) is 0 Å². The van der Waals surface area contributed by atoms with Crippen molar-refractivity contribution in [1.82, 2.24) is 0 Å². The van der Waals surface area contributed by atoms with Gasteiger partial charge in [0.05, 0.1) is 6.61 Å². The lowest BCUT2D eigenvalue weighted by Crippen LogP contribution is -2.22. The van der Waals surface area contributed by atoms with Gasteiger partial charge in [-0.25, -0.2) is 14.0 Å². The maximum Gasteiger partial charge on any atom is 0.349 e. The monoisotopic (exact) mass is 294 g/mol. The first-order valence-electron chi connectivity index (χ1n) is 6.13. The lowest BCUT2D eigenvalue weighted by Gasteiger charge is -2.07. The largest absolute Gasteiger partial charge is 0.463 e. The standard InChI is InChI=1S/C14H11FO4S/c1-7-11-8(15)3-2-4-10(11)20-12(7)14(17)19-9-5-6-18-13(9)16/h2-4,9H,5-6H2,1H3/t9-/m0/s1. The number of benzene rings is 1.